The van der Waals surface area contributed by atoms with Gasteiger partial charge in [0.05, 0.1) is 17.6 Å². The van der Waals surface area contributed by atoms with Crippen molar-refractivity contribution in [2.45, 2.75) is 32.5 Å². The summed E-state index contributed by atoms with van der Waals surface area (Å²) in [5, 5.41) is 8.36. The minimum absolute atomic E-state index is 0.00853. The van der Waals surface area contributed by atoms with E-state index in [1.54, 1.807) is 24.3 Å². The van der Waals surface area contributed by atoms with Crippen molar-refractivity contribution in [1.29, 1.82) is 0 Å². The lowest BCUT2D eigenvalue weighted by molar-refractivity contribution is -0.127. The van der Waals surface area contributed by atoms with Crippen LogP contribution in [0.5, 0.6) is 0 Å². The second-order valence-electron chi connectivity index (χ2n) is 6.23. The van der Waals surface area contributed by atoms with Crippen LogP contribution in [0.1, 0.15) is 22.5 Å². The van der Waals surface area contributed by atoms with Crippen LogP contribution in [0.3, 0.4) is 0 Å². The number of nitrogens with zero attached hydrogens (tertiary/aromatic N) is 3. The number of carbonyl (C=O) groups excluding carboxylic acids is 1. The highest BCUT2D eigenvalue weighted by Gasteiger charge is 2.16. The minimum Gasteiger partial charge on any atom is -0.469 e. The van der Waals surface area contributed by atoms with Gasteiger partial charge in [0, 0.05) is 13.6 Å². The quantitative estimate of drug-likeness (QED) is 0.610. The summed E-state index contributed by atoms with van der Waals surface area (Å²) in [6.07, 6.45) is 1.58. The van der Waals surface area contributed by atoms with Crippen molar-refractivity contribution in [3.05, 3.63) is 53.0 Å². The lowest BCUT2D eigenvalue weighted by Gasteiger charge is -2.18. The van der Waals surface area contributed by atoms with Crippen molar-refractivity contribution in [1.82, 2.24) is 15.1 Å². The molecule has 0 atom stereocenters. The fraction of sp³-hybridized carbons (Fsp3) is 0.316. The maximum atomic E-state index is 12.4. The molecule has 0 unspecified atom stereocenters. The van der Waals surface area contributed by atoms with E-state index in [-0.39, 0.29) is 11.7 Å². The summed E-state index contributed by atoms with van der Waals surface area (Å²) in [5.41, 5.74) is 4.32. The Morgan fingerprint density at radius 1 is 1.19 bits per heavy atom. The van der Waals surface area contributed by atoms with E-state index in [1.807, 2.05) is 6.92 Å². The van der Waals surface area contributed by atoms with Crippen LogP contribution in [-0.4, -0.2) is 33.8 Å². The molecule has 0 fully saturated rings. The van der Waals surface area contributed by atoms with Crippen LogP contribution in [0.25, 0.3) is 11.5 Å². The van der Waals surface area contributed by atoms with Crippen molar-refractivity contribution in [3.8, 4) is 11.5 Å². The number of aryl methyl sites for hydroxylation is 3. The molecule has 136 valence electrons. The van der Waals surface area contributed by atoms with E-state index in [1.165, 1.54) is 22.9 Å². The third kappa shape index (κ3) is 4.16. The standard InChI is InChI=1S/C19H21N3O3S/c1-12-5-6-15(13(2)9-12)10-22(4)17(23)11-26-19-21-20-18(25-19)16-7-8-24-14(16)3/h5-9H,10-11H2,1-4H3. The molecule has 1 amide bonds. The molecule has 0 aliphatic rings. The van der Waals surface area contributed by atoms with E-state index in [2.05, 4.69) is 42.2 Å². The number of benzene rings is 1. The fourth-order valence-corrected chi connectivity index (χ4v) is 3.29. The number of carbonyl (C=O) groups is 1. The van der Waals surface area contributed by atoms with Gasteiger partial charge in [-0.15, -0.1) is 10.2 Å². The average molecular weight is 371 g/mol. The van der Waals surface area contributed by atoms with E-state index in [0.29, 0.717) is 17.7 Å². The molecular formula is C19H21N3O3S. The van der Waals surface area contributed by atoms with Gasteiger partial charge in [0.15, 0.2) is 0 Å². The van der Waals surface area contributed by atoms with Crippen LogP contribution >= 0.6 is 11.8 Å². The van der Waals surface area contributed by atoms with E-state index < -0.39 is 0 Å². The van der Waals surface area contributed by atoms with Gasteiger partial charge in [-0.3, -0.25) is 4.79 Å². The monoisotopic (exact) mass is 371 g/mol. The Hall–Kier alpha value is -2.54. The first-order valence-electron chi connectivity index (χ1n) is 8.25. The number of hydrogen-bond acceptors (Lipinski definition) is 6. The third-order valence-electron chi connectivity index (χ3n) is 4.15. The second-order valence-corrected chi connectivity index (χ2v) is 7.16. The molecule has 0 radical (unpaired) electrons. The van der Waals surface area contributed by atoms with E-state index >= 15 is 0 Å². The van der Waals surface area contributed by atoms with Crippen LogP contribution in [-0.2, 0) is 11.3 Å². The Balaban J connectivity index is 1.57. The normalized spacial score (nSPS) is 10.9. The van der Waals surface area contributed by atoms with Crippen LogP contribution in [0.15, 0.2) is 44.6 Å². The summed E-state index contributed by atoms with van der Waals surface area (Å²) in [7, 11) is 1.80. The molecule has 3 aromatic rings. The van der Waals surface area contributed by atoms with E-state index in [4.69, 9.17) is 8.83 Å². The molecule has 7 heteroatoms. The van der Waals surface area contributed by atoms with Gasteiger partial charge in [0.2, 0.25) is 5.91 Å². The molecule has 0 N–H and O–H groups in total. The second kappa shape index (κ2) is 7.78. The first kappa shape index (κ1) is 18.3. The third-order valence-corrected chi connectivity index (χ3v) is 4.95. The van der Waals surface area contributed by atoms with Gasteiger partial charge < -0.3 is 13.7 Å². The van der Waals surface area contributed by atoms with Gasteiger partial charge in [0.1, 0.15) is 5.76 Å². The molecule has 26 heavy (non-hydrogen) atoms. The Bertz CT molecular complexity index is 916. The van der Waals surface area contributed by atoms with Crippen molar-refractivity contribution in [3.63, 3.8) is 0 Å². The largest absolute Gasteiger partial charge is 0.469 e. The highest BCUT2D eigenvalue weighted by Crippen LogP contribution is 2.26. The van der Waals surface area contributed by atoms with Crippen LogP contribution in [0, 0.1) is 20.8 Å². The van der Waals surface area contributed by atoms with E-state index in [9.17, 15) is 4.79 Å². The fourth-order valence-electron chi connectivity index (χ4n) is 2.58. The summed E-state index contributed by atoms with van der Waals surface area (Å²) in [6, 6.07) is 8.03. The number of amides is 1. The van der Waals surface area contributed by atoms with E-state index in [0.717, 1.165) is 16.9 Å². The summed E-state index contributed by atoms with van der Waals surface area (Å²) >= 11 is 1.24. The number of rotatable bonds is 6. The molecule has 2 aromatic heterocycles. The minimum atomic E-state index is 0.00853. The van der Waals surface area contributed by atoms with Crippen LogP contribution in [0.4, 0.5) is 0 Å². The first-order chi connectivity index (χ1) is 12.4. The summed E-state index contributed by atoms with van der Waals surface area (Å²) in [5.74, 6) is 1.37. The predicted molar refractivity (Wildman–Crippen MR) is 99.9 cm³/mol. The Kier molecular flexibility index (Phi) is 5.46. The predicted octanol–water partition coefficient (Wildman–Crippen LogP) is 4.01. The highest BCUT2D eigenvalue weighted by atomic mass is 32.2. The topological polar surface area (TPSA) is 72.4 Å². The lowest BCUT2D eigenvalue weighted by Crippen LogP contribution is -2.28. The smallest absolute Gasteiger partial charge is 0.277 e. The maximum Gasteiger partial charge on any atom is 0.277 e. The Labute approximate surface area is 156 Å². The van der Waals surface area contributed by atoms with Gasteiger partial charge in [0.25, 0.3) is 11.1 Å². The molecule has 0 saturated carbocycles. The Morgan fingerprint density at radius 3 is 2.69 bits per heavy atom. The molecule has 0 bridgehead atoms. The number of furan rings is 1. The van der Waals surface area contributed by atoms with Gasteiger partial charge in [-0.05, 0) is 38.0 Å². The average Bonchev–Trinajstić information content (AvgIpc) is 3.23. The summed E-state index contributed by atoms with van der Waals surface area (Å²) < 4.78 is 10.8. The molecule has 1 aromatic carbocycles. The zero-order valence-electron chi connectivity index (χ0n) is 15.3. The lowest BCUT2D eigenvalue weighted by atomic mass is 10.1. The molecule has 0 aliphatic carbocycles. The molecule has 6 nitrogen and oxygen atoms in total. The van der Waals surface area contributed by atoms with Crippen molar-refractivity contribution in [2.24, 2.45) is 0 Å². The van der Waals surface area contributed by atoms with Gasteiger partial charge in [-0.1, -0.05) is 35.5 Å². The molecule has 2 heterocycles. The summed E-state index contributed by atoms with van der Waals surface area (Å²) in [4.78, 5) is 14.1. The number of hydrogen-bond donors (Lipinski definition) is 0. The molecule has 3 rings (SSSR count). The molecule has 0 aliphatic heterocycles. The molecule has 0 saturated heterocycles. The maximum absolute atomic E-state index is 12.4. The Morgan fingerprint density at radius 2 is 2.00 bits per heavy atom. The van der Waals surface area contributed by atoms with Crippen LogP contribution in [0.2, 0.25) is 0 Å². The van der Waals surface area contributed by atoms with Crippen molar-refractivity contribution >= 4 is 17.7 Å². The van der Waals surface area contributed by atoms with Crippen molar-refractivity contribution < 1.29 is 13.6 Å². The van der Waals surface area contributed by atoms with Gasteiger partial charge in [-0.2, -0.15) is 0 Å². The van der Waals surface area contributed by atoms with Gasteiger partial charge in [-0.25, -0.2) is 0 Å². The molecule has 0 spiro atoms. The first-order valence-corrected chi connectivity index (χ1v) is 9.23. The highest BCUT2D eigenvalue weighted by molar-refractivity contribution is 7.99. The number of aromatic nitrogens is 2. The molecular weight excluding hydrogens is 350 g/mol. The van der Waals surface area contributed by atoms with Gasteiger partial charge >= 0.3 is 0 Å². The van der Waals surface area contributed by atoms with Crippen molar-refractivity contribution in [2.75, 3.05) is 12.8 Å². The summed E-state index contributed by atoms with van der Waals surface area (Å²) in [6.45, 7) is 6.53. The zero-order chi connectivity index (χ0) is 18.7. The number of thioether (sulfide) groups is 1. The zero-order valence-corrected chi connectivity index (χ0v) is 16.1. The SMILES string of the molecule is Cc1ccc(CN(C)C(=O)CSc2nnc(-c3ccoc3C)o2)c(C)c1. The van der Waals surface area contributed by atoms with Crippen LogP contribution < -0.4 is 0 Å².